The maximum Gasteiger partial charge on any atom is 0.407 e. The van der Waals surface area contributed by atoms with E-state index >= 15 is 0 Å². The number of amides is 1. The van der Waals surface area contributed by atoms with Crippen LogP contribution >= 0.6 is 11.6 Å². The summed E-state index contributed by atoms with van der Waals surface area (Å²) in [5.41, 5.74) is 2.27. The van der Waals surface area contributed by atoms with Crippen LogP contribution in [0.25, 0.3) is 0 Å². The Morgan fingerprint density at radius 2 is 2.09 bits per heavy atom. The standard InChI is InChI=1S/C15H21ClN4O2/c1-19(15(21)22)10-5-4-8-20(9-10)13-11-6-2-3-7-12(11)17-14(16)18-13/h10H,2-9H2,1H3,(H,21,22). The summed E-state index contributed by atoms with van der Waals surface area (Å²) in [5.74, 6) is 0.915. The Bertz CT molecular complexity index is 581. The van der Waals surface area contributed by atoms with E-state index in [0.717, 1.165) is 56.6 Å². The quantitative estimate of drug-likeness (QED) is 0.847. The molecule has 1 aromatic rings. The van der Waals surface area contributed by atoms with E-state index in [0.29, 0.717) is 11.8 Å². The molecular weight excluding hydrogens is 304 g/mol. The fourth-order valence-electron chi connectivity index (χ4n) is 3.43. The van der Waals surface area contributed by atoms with Gasteiger partial charge in [-0.25, -0.2) is 14.8 Å². The second-order valence-corrected chi connectivity index (χ2v) is 6.42. The highest BCUT2D eigenvalue weighted by molar-refractivity contribution is 6.28. The monoisotopic (exact) mass is 324 g/mol. The number of rotatable bonds is 2. The molecular formula is C15H21ClN4O2. The Morgan fingerprint density at radius 1 is 1.32 bits per heavy atom. The molecule has 1 saturated heterocycles. The zero-order valence-electron chi connectivity index (χ0n) is 12.8. The number of nitrogens with zero attached hydrogens (tertiary/aromatic N) is 4. The largest absolute Gasteiger partial charge is 0.465 e. The van der Waals surface area contributed by atoms with Crippen molar-refractivity contribution in [1.82, 2.24) is 14.9 Å². The van der Waals surface area contributed by atoms with E-state index in [1.165, 1.54) is 10.5 Å². The van der Waals surface area contributed by atoms with Crippen molar-refractivity contribution in [1.29, 1.82) is 0 Å². The summed E-state index contributed by atoms with van der Waals surface area (Å²) >= 11 is 6.10. The number of aryl methyl sites for hydroxylation is 1. The zero-order valence-corrected chi connectivity index (χ0v) is 13.5. The summed E-state index contributed by atoms with van der Waals surface area (Å²) in [6.07, 6.45) is 5.20. The topological polar surface area (TPSA) is 69.6 Å². The lowest BCUT2D eigenvalue weighted by Gasteiger charge is -2.38. The van der Waals surface area contributed by atoms with Gasteiger partial charge in [-0.2, -0.15) is 0 Å². The summed E-state index contributed by atoms with van der Waals surface area (Å²) in [4.78, 5) is 23.6. The van der Waals surface area contributed by atoms with Gasteiger partial charge in [0.2, 0.25) is 5.28 Å². The van der Waals surface area contributed by atoms with E-state index in [2.05, 4.69) is 14.9 Å². The number of halogens is 1. The molecule has 1 aliphatic carbocycles. The van der Waals surface area contributed by atoms with Gasteiger partial charge in [0.25, 0.3) is 0 Å². The molecule has 1 N–H and O–H groups in total. The van der Waals surface area contributed by atoms with Gasteiger partial charge < -0.3 is 14.9 Å². The summed E-state index contributed by atoms with van der Waals surface area (Å²) < 4.78 is 0. The van der Waals surface area contributed by atoms with Crippen molar-refractivity contribution in [3.8, 4) is 0 Å². The number of anilines is 1. The summed E-state index contributed by atoms with van der Waals surface area (Å²) in [7, 11) is 1.64. The second kappa shape index (κ2) is 6.28. The first-order valence-electron chi connectivity index (χ1n) is 7.82. The number of carbonyl (C=O) groups is 1. The normalized spacial score (nSPS) is 21.4. The van der Waals surface area contributed by atoms with Crippen molar-refractivity contribution in [2.24, 2.45) is 0 Å². The summed E-state index contributed by atoms with van der Waals surface area (Å²) in [6, 6.07) is -0.000712. The van der Waals surface area contributed by atoms with Crippen molar-refractivity contribution in [3.63, 3.8) is 0 Å². The van der Waals surface area contributed by atoms with E-state index in [1.807, 2.05) is 0 Å². The summed E-state index contributed by atoms with van der Waals surface area (Å²) in [5, 5.41) is 9.48. The van der Waals surface area contributed by atoms with Gasteiger partial charge in [0, 0.05) is 25.7 Å². The van der Waals surface area contributed by atoms with Crippen LogP contribution in [0.4, 0.5) is 10.6 Å². The average molecular weight is 325 g/mol. The van der Waals surface area contributed by atoms with Crippen LogP contribution in [-0.4, -0.2) is 52.2 Å². The van der Waals surface area contributed by atoms with Crippen molar-refractivity contribution < 1.29 is 9.90 Å². The minimum atomic E-state index is -0.880. The van der Waals surface area contributed by atoms with E-state index in [1.54, 1.807) is 7.05 Å². The Kier molecular flexibility index (Phi) is 4.38. The Hall–Kier alpha value is -1.56. The number of fused-ring (bicyclic) bond motifs is 1. The van der Waals surface area contributed by atoms with Crippen LogP contribution in [0.3, 0.4) is 0 Å². The molecule has 1 aliphatic heterocycles. The number of piperidine rings is 1. The molecule has 22 heavy (non-hydrogen) atoms. The number of hydrogen-bond acceptors (Lipinski definition) is 4. The first-order valence-corrected chi connectivity index (χ1v) is 8.20. The summed E-state index contributed by atoms with van der Waals surface area (Å²) in [6.45, 7) is 1.56. The molecule has 1 amide bonds. The highest BCUT2D eigenvalue weighted by Crippen LogP contribution is 2.31. The SMILES string of the molecule is CN(C(=O)O)C1CCCN(c2nc(Cl)nc3c2CCCC3)C1. The molecule has 7 heteroatoms. The van der Waals surface area contributed by atoms with E-state index in [4.69, 9.17) is 11.6 Å². The molecule has 6 nitrogen and oxygen atoms in total. The first kappa shape index (κ1) is 15.3. The number of likely N-dealkylation sites (N-methyl/N-ethyl adjacent to an activating group) is 1. The highest BCUT2D eigenvalue weighted by atomic mass is 35.5. The van der Waals surface area contributed by atoms with E-state index < -0.39 is 6.09 Å². The van der Waals surface area contributed by atoms with Gasteiger partial charge in [0.05, 0.1) is 11.7 Å². The number of aromatic nitrogens is 2. The lowest BCUT2D eigenvalue weighted by molar-refractivity contribution is 0.133. The molecule has 0 aromatic carbocycles. The van der Waals surface area contributed by atoms with Crippen LogP contribution in [0.15, 0.2) is 0 Å². The Labute approximate surface area is 135 Å². The number of carboxylic acid groups (broad SMARTS) is 1. The van der Waals surface area contributed by atoms with Gasteiger partial charge in [-0.3, -0.25) is 0 Å². The second-order valence-electron chi connectivity index (χ2n) is 6.08. The van der Waals surface area contributed by atoms with Crippen LogP contribution < -0.4 is 4.90 Å². The molecule has 1 aromatic heterocycles. The molecule has 1 unspecified atom stereocenters. The third kappa shape index (κ3) is 2.97. The van der Waals surface area contributed by atoms with Crippen molar-refractivity contribution in [2.75, 3.05) is 25.0 Å². The number of hydrogen-bond donors (Lipinski definition) is 1. The maximum atomic E-state index is 11.2. The van der Waals surface area contributed by atoms with Gasteiger partial charge in [-0.05, 0) is 50.1 Å². The molecule has 2 heterocycles. The van der Waals surface area contributed by atoms with Crippen LogP contribution in [0.5, 0.6) is 0 Å². The van der Waals surface area contributed by atoms with Crippen LogP contribution in [0, 0.1) is 0 Å². The van der Waals surface area contributed by atoms with Crippen LogP contribution in [0.1, 0.15) is 36.9 Å². The first-order chi connectivity index (χ1) is 10.6. The predicted octanol–water partition coefficient (Wildman–Crippen LogP) is 2.59. The van der Waals surface area contributed by atoms with Crippen molar-refractivity contribution in [3.05, 3.63) is 16.5 Å². The smallest absolute Gasteiger partial charge is 0.407 e. The lowest BCUT2D eigenvalue weighted by atomic mass is 9.95. The minimum Gasteiger partial charge on any atom is -0.465 e. The molecule has 1 atom stereocenters. The van der Waals surface area contributed by atoms with Gasteiger partial charge >= 0.3 is 6.09 Å². The van der Waals surface area contributed by atoms with Crippen molar-refractivity contribution in [2.45, 2.75) is 44.6 Å². The van der Waals surface area contributed by atoms with Gasteiger partial charge in [0.15, 0.2) is 0 Å². The van der Waals surface area contributed by atoms with Crippen LogP contribution in [-0.2, 0) is 12.8 Å². The molecule has 0 bridgehead atoms. The Morgan fingerprint density at radius 3 is 2.86 bits per heavy atom. The molecule has 1 fully saturated rings. The maximum absolute atomic E-state index is 11.2. The van der Waals surface area contributed by atoms with Crippen molar-refractivity contribution >= 4 is 23.5 Å². The van der Waals surface area contributed by atoms with E-state index in [-0.39, 0.29) is 6.04 Å². The third-order valence-electron chi connectivity index (χ3n) is 4.68. The van der Waals surface area contributed by atoms with E-state index in [9.17, 15) is 9.90 Å². The molecule has 120 valence electrons. The lowest BCUT2D eigenvalue weighted by Crippen LogP contribution is -2.48. The average Bonchev–Trinajstić information content (AvgIpc) is 2.53. The fourth-order valence-corrected chi connectivity index (χ4v) is 3.61. The predicted molar refractivity (Wildman–Crippen MR) is 84.7 cm³/mol. The highest BCUT2D eigenvalue weighted by Gasteiger charge is 2.29. The fraction of sp³-hybridized carbons (Fsp3) is 0.667. The van der Waals surface area contributed by atoms with Crippen LogP contribution in [0.2, 0.25) is 5.28 Å². The van der Waals surface area contributed by atoms with Gasteiger partial charge in [-0.1, -0.05) is 0 Å². The molecule has 2 aliphatic rings. The molecule has 0 spiro atoms. The third-order valence-corrected chi connectivity index (χ3v) is 4.85. The molecule has 3 rings (SSSR count). The zero-order chi connectivity index (χ0) is 15.7. The molecule has 0 radical (unpaired) electrons. The minimum absolute atomic E-state index is 0.000712. The Balaban J connectivity index is 1.87. The van der Waals surface area contributed by atoms with Gasteiger partial charge in [0.1, 0.15) is 5.82 Å². The van der Waals surface area contributed by atoms with Gasteiger partial charge in [-0.15, -0.1) is 0 Å². The molecule has 0 saturated carbocycles.